The van der Waals surface area contributed by atoms with Gasteiger partial charge in [-0.2, -0.15) is 0 Å². The summed E-state index contributed by atoms with van der Waals surface area (Å²) in [6, 6.07) is 4.01. The third-order valence-corrected chi connectivity index (χ3v) is 4.26. The Morgan fingerprint density at radius 2 is 1.95 bits per heavy atom. The van der Waals surface area contributed by atoms with Crippen molar-refractivity contribution in [3.8, 4) is 0 Å². The van der Waals surface area contributed by atoms with Crippen molar-refractivity contribution in [1.82, 2.24) is 5.32 Å². The highest BCUT2D eigenvalue weighted by Crippen LogP contribution is 2.36. The Balaban J connectivity index is 2.60. The fourth-order valence-corrected chi connectivity index (χ4v) is 3.47. The lowest BCUT2D eigenvalue weighted by atomic mass is 9.85. The van der Waals surface area contributed by atoms with Crippen LogP contribution in [0.1, 0.15) is 43.4 Å². The van der Waals surface area contributed by atoms with Crippen molar-refractivity contribution in [3.05, 3.63) is 33.3 Å². The molecule has 2 rings (SSSR count). The first-order valence-corrected chi connectivity index (χ1v) is 7.22. The number of hydrogen-bond acceptors (Lipinski definition) is 2. The summed E-state index contributed by atoms with van der Waals surface area (Å²) in [4.78, 5) is 24.6. The van der Waals surface area contributed by atoms with Gasteiger partial charge < -0.3 is 5.32 Å². The smallest absolute Gasteiger partial charge is 0.235 e. The summed E-state index contributed by atoms with van der Waals surface area (Å²) in [6.07, 6.45) is 0.799. The molecule has 1 saturated heterocycles. The zero-order valence-corrected chi connectivity index (χ0v) is 13.2. The molecule has 1 aliphatic heterocycles. The molecule has 0 aliphatic carbocycles. The van der Waals surface area contributed by atoms with E-state index in [0.29, 0.717) is 0 Å². The predicted octanol–water partition coefficient (Wildman–Crippen LogP) is 2.88. The van der Waals surface area contributed by atoms with Gasteiger partial charge in [-0.25, -0.2) is 0 Å². The minimum absolute atomic E-state index is 0.0586. The normalized spacial score (nSPS) is 21.6. The topological polar surface area (TPSA) is 46.2 Å². The first kappa shape index (κ1) is 14.3. The molecule has 0 bridgehead atoms. The lowest BCUT2D eigenvalue weighted by molar-refractivity contribution is -0.125. The van der Waals surface area contributed by atoms with Crippen molar-refractivity contribution >= 4 is 27.6 Å². The standard InChI is InChI=1S/C15H18BrNO2/c1-5-9-6-8(2)7-10(16)11(9)12-13(18)15(3,4)17-14(12)19/h6-7,12H,5H2,1-4H3,(H,17,19). The van der Waals surface area contributed by atoms with E-state index in [1.807, 2.05) is 26.0 Å². The molecule has 1 atom stereocenters. The maximum atomic E-state index is 12.4. The van der Waals surface area contributed by atoms with Gasteiger partial charge in [0, 0.05) is 4.47 Å². The summed E-state index contributed by atoms with van der Waals surface area (Å²) >= 11 is 3.51. The Morgan fingerprint density at radius 1 is 1.32 bits per heavy atom. The van der Waals surface area contributed by atoms with Crippen LogP contribution in [0, 0.1) is 6.92 Å². The largest absolute Gasteiger partial charge is 0.343 e. The molecule has 1 fully saturated rings. The molecule has 19 heavy (non-hydrogen) atoms. The van der Waals surface area contributed by atoms with Crippen LogP contribution < -0.4 is 5.32 Å². The monoisotopic (exact) mass is 323 g/mol. The van der Waals surface area contributed by atoms with Crippen molar-refractivity contribution < 1.29 is 9.59 Å². The van der Waals surface area contributed by atoms with E-state index in [4.69, 9.17) is 0 Å². The first-order chi connectivity index (χ1) is 8.77. The van der Waals surface area contributed by atoms with Crippen LogP contribution in [0.3, 0.4) is 0 Å². The van der Waals surface area contributed by atoms with E-state index in [1.165, 1.54) is 0 Å². The van der Waals surface area contributed by atoms with Crippen LogP contribution in [-0.2, 0) is 16.0 Å². The summed E-state index contributed by atoms with van der Waals surface area (Å²) in [5.74, 6) is -0.953. The Kier molecular flexibility index (Phi) is 3.56. The van der Waals surface area contributed by atoms with Gasteiger partial charge in [-0.15, -0.1) is 0 Å². The van der Waals surface area contributed by atoms with Crippen LogP contribution in [0.5, 0.6) is 0 Å². The van der Waals surface area contributed by atoms with Crippen LogP contribution in [0.15, 0.2) is 16.6 Å². The van der Waals surface area contributed by atoms with Gasteiger partial charge in [0.15, 0.2) is 5.78 Å². The van der Waals surface area contributed by atoms with Crippen LogP contribution in [0.4, 0.5) is 0 Å². The fourth-order valence-electron chi connectivity index (χ4n) is 2.62. The van der Waals surface area contributed by atoms with E-state index >= 15 is 0 Å². The molecule has 4 heteroatoms. The van der Waals surface area contributed by atoms with Crippen molar-refractivity contribution in [2.24, 2.45) is 0 Å². The summed E-state index contributed by atoms with van der Waals surface area (Å²) in [7, 11) is 0. The first-order valence-electron chi connectivity index (χ1n) is 6.43. The van der Waals surface area contributed by atoms with E-state index in [-0.39, 0.29) is 11.7 Å². The summed E-state index contributed by atoms with van der Waals surface area (Å²) in [5.41, 5.74) is 2.22. The molecule has 0 aromatic heterocycles. The number of hydrogen-bond donors (Lipinski definition) is 1. The van der Waals surface area contributed by atoms with Crippen LogP contribution in [-0.4, -0.2) is 17.2 Å². The molecular weight excluding hydrogens is 306 g/mol. The lowest BCUT2D eigenvalue weighted by Gasteiger charge is -2.17. The van der Waals surface area contributed by atoms with Gasteiger partial charge in [-0.05, 0) is 49.9 Å². The van der Waals surface area contributed by atoms with E-state index in [0.717, 1.165) is 27.6 Å². The number of aryl methyl sites for hydroxylation is 2. The number of nitrogens with one attached hydrogen (secondary N) is 1. The highest BCUT2D eigenvalue weighted by molar-refractivity contribution is 9.10. The Hall–Kier alpha value is -1.16. The minimum Gasteiger partial charge on any atom is -0.343 e. The van der Waals surface area contributed by atoms with Gasteiger partial charge >= 0.3 is 0 Å². The molecule has 1 aromatic rings. The molecule has 0 spiro atoms. The number of Topliss-reactive ketones (excluding diaryl/α,β-unsaturated/α-hetero) is 1. The molecule has 0 radical (unpaired) electrons. The van der Waals surface area contributed by atoms with Crippen molar-refractivity contribution in [2.45, 2.75) is 45.6 Å². The number of amides is 1. The minimum atomic E-state index is -0.781. The molecule has 0 saturated carbocycles. The van der Waals surface area contributed by atoms with E-state index in [1.54, 1.807) is 13.8 Å². The van der Waals surface area contributed by atoms with Crippen molar-refractivity contribution in [1.29, 1.82) is 0 Å². The number of carbonyl (C=O) groups excluding carboxylic acids is 2. The second kappa shape index (κ2) is 4.75. The molecule has 1 aliphatic rings. The van der Waals surface area contributed by atoms with Crippen molar-refractivity contribution in [3.63, 3.8) is 0 Å². The molecule has 102 valence electrons. The molecule has 1 heterocycles. The fraction of sp³-hybridized carbons (Fsp3) is 0.467. The molecule has 1 N–H and O–H groups in total. The van der Waals surface area contributed by atoms with Crippen LogP contribution in [0.2, 0.25) is 0 Å². The number of carbonyl (C=O) groups is 2. The Bertz CT molecular complexity index is 564. The van der Waals surface area contributed by atoms with Crippen molar-refractivity contribution in [2.75, 3.05) is 0 Å². The highest BCUT2D eigenvalue weighted by Gasteiger charge is 2.48. The SMILES string of the molecule is CCc1cc(C)cc(Br)c1C1C(=O)NC(C)(C)C1=O. The third kappa shape index (κ3) is 2.34. The second-order valence-corrected chi connectivity index (χ2v) is 6.44. The van der Waals surface area contributed by atoms with Gasteiger partial charge in [-0.1, -0.05) is 28.9 Å². The third-order valence-electron chi connectivity index (χ3n) is 3.61. The zero-order chi connectivity index (χ0) is 14.4. The predicted molar refractivity (Wildman–Crippen MR) is 78.2 cm³/mol. The van der Waals surface area contributed by atoms with E-state index in [9.17, 15) is 9.59 Å². The molecule has 3 nitrogen and oxygen atoms in total. The number of ketones is 1. The summed E-state index contributed by atoms with van der Waals surface area (Å²) < 4.78 is 0.843. The average molecular weight is 324 g/mol. The number of rotatable bonds is 2. The van der Waals surface area contributed by atoms with Gasteiger partial charge in [0.2, 0.25) is 5.91 Å². The highest BCUT2D eigenvalue weighted by atomic mass is 79.9. The molecule has 1 unspecified atom stereocenters. The number of benzene rings is 1. The number of halogens is 1. The maximum absolute atomic E-state index is 12.4. The van der Waals surface area contributed by atoms with Gasteiger partial charge in [-0.3, -0.25) is 9.59 Å². The lowest BCUT2D eigenvalue weighted by Crippen LogP contribution is -2.39. The van der Waals surface area contributed by atoms with Gasteiger partial charge in [0.25, 0.3) is 0 Å². The maximum Gasteiger partial charge on any atom is 0.235 e. The van der Waals surface area contributed by atoms with Crippen LogP contribution >= 0.6 is 15.9 Å². The summed E-state index contributed by atoms with van der Waals surface area (Å²) in [5, 5.41) is 2.78. The summed E-state index contributed by atoms with van der Waals surface area (Å²) in [6.45, 7) is 7.54. The van der Waals surface area contributed by atoms with Gasteiger partial charge in [0.1, 0.15) is 5.92 Å². The Labute approximate surface area is 121 Å². The van der Waals surface area contributed by atoms with Crippen LogP contribution in [0.25, 0.3) is 0 Å². The molecule has 1 aromatic carbocycles. The Morgan fingerprint density at radius 3 is 2.42 bits per heavy atom. The molecular formula is C15H18BrNO2. The van der Waals surface area contributed by atoms with E-state index < -0.39 is 11.5 Å². The van der Waals surface area contributed by atoms with Gasteiger partial charge in [0.05, 0.1) is 5.54 Å². The quantitative estimate of drug-likeness (QED) is 0.850. The second-order valence-electron chi connectivity index (χ2n) is 5.58. The molecule has 1 amide bonds. The average Bonchev–Trinajstić information content (AvgIpc) is 2.49. The zero-order valence-electron chi connectivity index (χ0n) is 11.6. The van der Waals surface area contributed by atoms with E-state index in [2.05, 4.69) is 21.2 Å².